The minimum atomic E-state index is -4.66. The van der Waals surface area contributed by atoms with Crippen molar-refractivity contribution in [3.63, 3.8) is 0 Å². The number of allylic oxidation sites excluding steroid dienone is 10. The first-order valence-electron chi connectivity index (χ1n) is 20.4. The normalized spacial score (nSPS) is 15.8. The molecule has 0 spiro atoms. The molecule has 0 aromatic carbocycles. The molecular formula is C43H73O11P. The van der Waals surface area contributed by atoms with Gasteiger partial charge < -0.3 is 29.7 Å². The first-order valence-corrected chi connectivity index (χ1v) is 21.9. The number of phosphoric ester groups is 1. The molecule has 0 aliphatic heterocycles. The van der Waals surface area contributed by atoms with E-state index in [1.807, 2.05) is 12.2 Å². The lowest BCUT2D eigenvalue weighted by Crippen LogP contribution is -2.29. The van der Waals surface area contributed by atoms with Gasteiger partial charge in [0.2, 0.25) is 0 Å². The Bertz CT molecular complexity index is 1180. The molecule has 0 aliphatic rings. The van der Waals surface area contributed by atoms with Crippen LogP contribution in [-0.2, 0) is 32.7 Å². The molecule has 0 rings (SSSR count). The van der Waals surface area contributed by atoms with Crippen molar-refractivity contribution in [3.8, 4) is 0 Å². The van der Waals surface area contributed by atoms with Gasteiger partial charge >= 0.3 is 19.8 Å². The minimum Gasteiger partial charge on any atom is -0.462 e. The SMILES string of the molecule is CC/C=C\C/C=C\C/C=C\C/C=C\C=C/C(O)C/C=C\CCC(=O)OC[C@H](COP(=O)(O)OC[C@@H](O)CO)OC(=O)CCCCCCCCCCC(C)CC. The largest absolute Gasteiger partial charge is 0.472 e. The summed E-state index contributed by atoms with van der Waals surface area (Å²) in [6.07, 6.45) is 36.3. The second kappa shape index (κ2) is 37.0. The van der Waals surface area contributed by atoms with E-state index in [9.17, 15) is 29.3 Å². The molecule has 0 heterocycles. The molecule has 55 heavy (non-hydrogen) atoms. The van der Waals surface area contributed by atoms with Crippen LogP contribution >= 0.6 is 7.82 Å². The Labute approximate surface area is 331 Å². The van der Waals surface area contributed by atoms with Crippen molar-refractivity contribution >= 4 is 19.8 Å². The zero-order valence-corrected chi connectivity index (χ0v) is 34.8. The van der Waals surface area contributed by atoms with Crippen molar-refractivity contribution in [2.75, 3.05) is 26.4 Å². The van der Waals surface area contributed by atoms with Crippen LogP contribution in [0.25, 0.3) is 0 Å². The number of carbonyl (C=O) groups excluding carboxylic acids is 2. The molecule has 0 saturated heterocycles. The molecule has 316 valence electrons. The highest BCUT2D eigenvalue weighted by Crippen LogP contribution is 2.43. The average Bonchev–Trinajstić information content (AvgIpc) is 3.17. The third-order valence-electron chi connectivity index (χ3n) is 8.51. The third kappa shape index (κ3) is 36.7. The van der Waals surface area contributed by atoms with Crippen molar-refractivity contribution in [3.05, 3.63) is 72.9 Å². The van der Waals surface area contributed by atoms with Crippen molar-refractivity contribution in [1.29, 1.82) is 0 Å². The maximum absolute atomic E-state index is 12.6. The second-order valence-electron chi connectivity index (χ2n) is 13.7. The summed E-state index contributed by atoms with van der Waals surface area (Å²) >= 11 is 0. The summed E-state index contributed by atoms with van der Waals surface area (Å²) in [7, 11) is -4.66. The van der Waals surface area contributed by atoms with Gasteiger partial charge in [0.15, 0.2) is 6.10 Å². The molecular weight excluding hydrogens is 723 g/mol. The number of rotatable bonds is 36. The summed E-state index contributed by atoms with van der Waals surface area (Å²) < 4.78 is 32.5. The van der Waals surface area contributed by atoms with Crippen molar-refractivity contribution in [1.82, 2.24) is 0 Å². The fourth-order valence-corrected chi connectivity index (χ4v) is 5.75. The van der Waals surface area contributed by atoms with Crippen LogP contribution in [0.15, 0.2) is 72.9 Å². The van der Waals surface area contributed by atoms with Crippen LogP contribution in [-0.4, -0.2) is 76.9 Å². The fourth-order valence-electron chi connectivity index (χ4n) is 4.96. The zero-order valence-electron chi connectivity index (χ0n) is 33.9. The number of hydrogen-bond acceptors (Lipinski definition) is 10. The lowest BCUT2D eigenvalue weighted by molar-refractivity contribution is -0.161. The molecule has 0 aliphatic carbocycles. The van der Waals surface area contributed by atoms with E-state index < -0.39 is 64.5 Å². The Balaban J connectivity index is 4.57. The molecule has 0 bridgehead atoms. The van der Waals surface area contributed by atoms with Gasteiger partial charge in [-0.25, -0.2) is 4.57 Å². The molecule has 12 heteroatoms. The van der Waals surface area contributed by atoms with E-state index in [0.717, 1.165) is 50.9 Å². The van der Waals surface area contributed by atoms with E-state index in [2.05, 4.69) is 61.8 Å². The van der Waals surface area contributed by atoms with E-state index in [4.69, 9.17) is 19.1 Å². The van der Waals surface area contributed by atoms with Gasteiger partial charge in [0.25, 0.3) is 0 Å². The Morgan fingerprint density at radius 3 is 1.93 bits per heavy atom. The maximum atomic E-state index is 12.6. The summed E-state index contributed by atoms with van der Waals surface area (Å²) in [5.74, 6) is -0.322. The van der Waals surface area contributed by atoms with Crippen LogP contribution in [0.1, 0.15) is 136 Å². The molecule has 4 N–H and O–H groups in total. The quantitative estimate of drug-likeness (QED) is 0.0157. The summed E-state index contributed by atoms with van der Waals surface area (Å²) in [6, 6.07) is 0. The molecule has 0 fully saturated rings. The molecule has 5 atom stereocenters. The number of phosphoric acid groups is 1. The number of unbranched alkanes of at least 4 members (excludes halogenated alkanes) is 7. The fraction of sp³-hybridized carbons (Fsp3) is 0.674. The lowest BCUT2D eigenvalue weighted by atomic mass is 9.99. The molecule has 0 aromatic heterocycles. The highest BCUT2D eigenvalue weighted by molar-refractivity contribution is 7.47. The average molecular weight is 797 g/mol. The first kappa shape index (κ1) is 52.4. The van der Waals surface area contributed by atoms with Crippen LogP contribution in [0, 0.1) is 5.92 Å². The van der Waals surface area contributed by atoms with Crippen LogP contribution in [0.3, 0.4) is 0 Å². The molecule has 0 saturated carbocycles. The Hall–Kier alpha value is -2.63. The number of hydrogen-bond donors (Lipinski definition) is 4. The standard InChI is InChI=1S/C43H73O11P/c1-4-6-7-8-9-10-11-12-13-14-18-21-25-30-39(45)31-26-23-28-32-42(47)51-36-41(37-53-55(49,50)52-35-40(46)34-44)54-43(48)33-27-22-19-16-15-17-20-24-29-38(3)5-2/h6-7,9-10,12-13,18,21,23,25-26,30,38-41,44-46H,4-5,8,11,14-17,19-20,22,24,27-29,31-37H2,1-3H3,(H,49,50)/b7-6-,10-9-,13-12-,21-18-,26-23-,30-25-/t38?,39?,40-,41+/m0/s1. The zero-order chi connectivity index (χ0) is 40.8. The summed E-state index contributed by atoms with van der Waals surface area (Å²) in [4.78, 5) is 34.9. The van der Waals surface area contributed by atoms with E-state index in [1.54, 1.807) is 24.3 Å². The molecule has 0 aromatic rings. The van der Waals surface area contributed by atoms with Gasteiger partial charge in [-0.2, -0.15) is 0 Å². The molecule has 0 amide bonds. The number of esters is 2. The smallest absolute Gasteiger partial charge is 0.462 e. The van der Waals surface area contributed by atoms with E-state index in [0.29, 0.717) is 19.3 Å². The van der Waals surface area contributed by atoms with Crippen molar-refractivity contribution < 1.29 is 52.9 Å². The first-order chi connectivity index (χ1) is 26.5. The highest BCUT2D eigenvalue weighted by atomic mass is 31.2. The Morgan fingerprint density at radius 1 is 0.691 bits per heavy atom. The van der Waals surface area contributed by atoms with Crippen LogP contribution in [0.2, 0.25) is 0 Å². The van der Waals surface area contributed by atoms with E-state index >= 15 is 0 Å². The van der Waals surface area contributed by atoms with Gasteiger partial charge in [0.1, 0.15) is 12.7 Å². The summed E-state index contributed by atoms with van der Waals surface area (Å²) in [5, 5.41) is 28.5. The molecule has 3 unspecified atom stereocenters. The monoisotopic (exact) mass is 796 g/mol. The number of carbonyl (C=O) groups is 2. The van der Waals surface area contributed by atoms with Crippen LogP contribution in [0.4, 0.5) is 0 Å². The third-order valence-corrected chi connectivity index (χ3v) is 9.46. The Morgan fingerprint density at radius 2 is 1.29 bits per heavy atom. The highest BCUT2D eigenvalue weighted by Gasteiger charge is 2.27. The van der Waals surface area contributed by atoms with Crippen molar-refractivity contribution in [2.24, 2.45) is 5.92 Å². The van der Waals surface area contributed by atoms with Gasteiger partial charge in [0.05, 0.1) is 25.9 Å². The van der Waals surface area contributed by atoms with E-state index in [1.165, 1.54) is 38.5 Å². The summed E-state index contributed by atoms with van der Waals surface area (Å²) in [5.41, 5.74) is 0. The Kier molecular flexibility index (Phi) is 35.2. The molecule has 0 radical (unpaired) electrons. The second-order valence-corrected chi connectivity index (χ2v) is 15.2. The maximum Gasteiger partial charge on any atom is 0.472 e. The number of ether oxygens (including phenoxy) is 2. The lowest BCUT2D eigenvalue weighted by Gasteiger charge is -2.20. The molecule has 11 nitrogen and oxygen atoms in total. The van der Waals surface area contributed by atoms with Gasteiger partial charge in [0, 0.05) is 12.8 Å². The van der Waals surface area contributed by atoms with Crippen LogP contribution in [0.5, 0.6) is 0 Å². The van der Waals surface area contributed by atoms with Gasteiger partial charge in [-0.05, 0) is 50.9 Å². The minimum absolute atomic E-state index is 0.0322. The summed E-state index contributed by atoms with van der Waals surface area (Å²) in [6.45, 7) is 4.34. The predicted molar refractivity (Wildman–Crippen MR) is 220 cm³/mol. The number of aliphatic hydroxyl groups is 3. The van der Waals surface area contributed by atoms with Gasteiger partial charge in [-0.15, -0.1) is 0 Å². The van der Waals surface area contributed by atoms with Gasteiger partial charge in [-0.1, -0.05) is 151 Å². The number of aliphatic hydroxyl groups excluding tert-OH is 3. The van der Waals surface area contributed by atoms with E-state index in [-0.39, 0.29) is 12.8 Å². The van der Waals surface area contributed by atoms with Gasteiger partial charge in [-0.3, -0.25) is 18.6 Å². The van der Waals surface area contributed by atoms with Crippen LogP contribution < -0.4 is 0 Å². The topological polar surface area (TPSA) is 169 Å². The van der Waals surface area contributed by atoms with Crippen molar-refractivity contribution in [2.45, 2.75) is 155 Å². The predicted octanol–water partition coefficient (Wildman–Crippen LogP) is 9.32.